The van der Waals surface area contributed by atoms with Crippen molar-refractivity contribution >= 4 is 23.0 Å². The molecule has 0 N–H and O–H groups in total. The Kier molecular flexibility index (Phi) is 4.15. The third-order valence-electron chi connectivity index (χ3n) is 3.23. The molecule has 7 nitrogen and oxygen atoms in total. The average Bonchev–Trinajstić information content (AvgIpc) is 3.02. The molecule has 0 fully saturated rings. The molecule has 3 aromatic rings. The molecule has 0 amide bonds. The largest absolute Gasteiger partial charge is 0.465 e. The van der Waals surface area contributed by atoms with E-state index in [1.165, 1.54) is 32.4 Å². The second kappa shape index (κ2) is 6.41. The topological polar surface area (TPSA) is 87.9 Å². The van der Waals surface area contributed by atoms with Crippen LogP contribution in [0.1, 0.15) is 20.7 Å². The number of hydrogen-bond donors (Lipinski definition) is 0. The van der Waals surface area contributed by atoms with E-state index >= 15 is 0 Å². The van der Waals surface area contributed by atoms with E-state index in [1.807, 2.05) is 12.1 Å². The quantitative estimate of drug-likeness (QED) is 0.680. The number of ether oxygens (including phenoxy) is 3. The Balaban J connectivity index is 1.99. The van der Waals surface area contributed by atoms with Crippen molar-refractivity contribution in [3.63, 3.8) is 0 Å². The number of aromatic nitrogens is 1. The molecule has 0 atom stereocenters. The highest BCUT2D eigenvalue weighted by molar-refractivity contribution is 5.96. The number of esters is 2. The molecule has 0 aliphatic carbocycles. The first kappa shape index (κ1) is 15.5. The van der Waals surface area contributed by atoms with Gasteiger partial charge in [-0.25, -0.2) is 9.59 Å². The summed E-state index contributed by atoms with van der Waals surface area (Å²) < 4.78 is 20.3. The van der Waals surface area contributed by atoms with Gasteiger partial charge in [0.1, 0.15) is 11.3 Å². The van der Waals surface area contributed by atoms with Crippen molar-refractivity contribution < 1.29 is 28.2 Å². The zero-order valence-corrected chi connectivity index (χ0v) is 12.9. The van der Waals surface area contributed by atoms with Crippen molar-refractivity contribution in [3.8, 4) is 11.8 Å². The summed E-state index contributed by atoms with van der Waals surface area (Å²) in [6.07, 6.45) is -0.00553. The monoisotopic (exact) mass is 327 g/mol. The fourth-order valence-electron chi connectivity index (χ4n) is 2.12. The number of oxazole rings is 1. The summed E-state index contributed by atoms with van der Waals surface area (Å²) in [7, 11) is 2.49. The van der Waals surface area contributed by atoms with Crippen molar-refractivity contribution in [1.82, 2.24) is 4.98 Å². The van der Waals surface area contributed by atoms with Crippen LogP contribution < -0.4 is 4.74 Å². The maximum atomic E-state index is 11.8. The Labute approximate surface area is 136 Å². The van der Waals surface area contributed by atoms with Gasteiger partial charge in [-0.2, -0.15) is 4.98 Å². The van der Waals surface area contributed by atoms with E-state index < -0.39 is 11.9 Å². The van der Waals surface area contributed by atoms with Crippen LogP contribution in [-0.4, -0.2) is 31.1 Å². The van der Waals surface area contributed by atoms with Gasteiger partial charge in [-0.3, -0.25) is 0 Å². The maximum Gasteiger partial charge on any atom is 0.400 e. The first-order chi connectivity index (χ1) is 11.6. The number of carbonyl (C=O) groups is 2. The van der Waals surface area contributed by atoms with Crippen molar-refractivity contribution in [2.75, 3.05) is 14.2 Å². The predicted molar refractivity (Wildman–Crippen MR) is 83.2 cm³/mol. The van der Waals surface area contributed by atoms with Crippen LogP contribution >= 0.6 is 0 Å². The molecule has 0 aliphatic heterocycles. The fourth-order valence-corrected chi connectivity index (χ4v) is 2.12. The van der Waals surface area contributed by atoms with Gasteiger partial charge in [-0.1, -0.05) is 12.1 Å². The third-order valence-corrected chi connectivity index (χ3v) is 3.23. The standard InChI is InChI=1S/C17H13NO6/c1-21-15(19)10-7-11(16(20)22-2)9-12(8-10)23-17-18-13-5-3-4-6-14(13)24-17/h3-9H,1-2H3. The van der Waals surface area contributed by atoms with Crippen LogP contribution in [0.25, 0.3) is 11.1 Å². The number of methoxy groups -OCH3 is 2. The summed E-state index contributed by atoms with van der Waals surface area (Å²) in [5.74, 6) is -1.02. The lowest BCUT2D eigenvalue weighted by Gasteiger charge is -2.07. The van der Waals surface area contributed by atoms with Gasteiger partial charge in [0.25, 0.3) is 0 Å². The number of rotatable bonds is 4. The molecule has 0 unspecified atom stereocenters. The van der Waals surface area contributed by atoms with Gasteiger partial charge in [-0.05, 0) is 30.3 Å². The Morgan fingerprint density at radius 3 is 2.17 bits per heavy atom. The van der Waals surface area contributed by atoms with E-state index in [4.69, 9.17) is 9.15 Å². The predicted octanol–water partition coefficient (Wildman–Crippen LogP) is 3.19. The number of hydrogen-bond acceptors (Lipinski definition) is 7. The lowest BCUT2D eigenvalue weighted by molar-refractivity contribution is 0.0598. The lowest BCUT2D eigenvalue weighted by Crippen LogP contribution is -2.07. The number of nitrogens with zero attached hydrogens (tertiary/aromatic N) is 1. The van der Waals surface area contributed by atoms with Crippen LogP contribution in [0.2, 0.25) is 0 Å². The summed E-state index contributed by atoms with van der Waals surface area (Å²) in [4.78, 5) is 27.7. The summed E-state index contributed by atoms with van der Waals surface area (Å²) in [6, 6.07) is 11.4. The van der Waals surface area contributed by atoms with Crippen LogP contribution in [0.15, 0.2) is 46.9 Å². The van der Waals surface area contributed by atoms with Crippen LogP contribution in [0.5, 0.6) is 11.8 Å². The molecule has 0 saturated carbocycles. The molecule has 0 aliphatic rings. The highest BCUT2D eigenvalue weighted by atomic mass is 16.6. The zero-order chi connectivity index (χ0) is 17.1. The molecule has 0 spiro atoms. The van der Waals surface area contributed by atoms with Gasteiger partial charge < -0.3 is 18.6 Å². The van der Waals surface area contributed by atoms with Crippen molar-refractivity contribution in [2.24, 2.45) is 0 Å². The Bertz CT molecular complexity index is 847. The Hall–Kier alpha value is -3.35. The highest BCUT2D eigenvalue weighted by Gasteiger charge is 2.16. The number of para-hydroxylation sites is 2. The van der Waals surface area contributed by atoms with E-state index in [0.717, 1.165) is 0 Å². The van der Waals surface area contributed by atoms with Crippen molar-refractivity contribution in [1.29, 1.82) is 0 Å². The first-order valence-electron chi connectivity index (χ1n) is 6.96. The SMILES string of the molecule is COC(=O)c1cc(Oc2nc3ccccc3o2)cc(C(=O)OC)c1. The van der Waals surface area contributed by atoms with Crippen LogP contribution in [-0.2, 0) is 9.47 Å². The van der Waals surface area contributed by atoms with E-state index in [-0.39, 0.29) is 23.0 Å². The summed E-state index contributed by atoms with van der Waals surface area (Å²) >= 11 is 0. The molecule has 0 saturated heterocycles. The Morgan fingerprint density at radius 1 is 0.958 bits per heavy atom. The lowest BCUT2D eigenvalue weighted by atomic mass is 10.1. The number of fused-ring (bicyclic) bond motifs is 1. The molecule has 0 radical (unpaired) electrons. The summed E-state index contributed by atoms with van der Waals surface area (Å²) in [6.45, 7) is 0. The Morgan fingerprint density at radius 2 is 1.58 bits per heavy atom. The fraction of sp³-hybridized carbons (Fsp3) is 0.118. The van der Waals surface area contributed by atoms with E-state index in [2.05, 4.69) is 14.5 Å². The normalized spacial score (nSPS) is 10.4. The summed E-state index contributed by atoms with van der Waals surface area (Å²) in [5, 5.41) is 0. The molecule has 1 aromatic heterocycles. The maximum absolute atomic E-state index is 11.8. The molecule has 122 valence electrons. The third kappa shape index (κ3) is 3.05. The van der Waals surface area contributed by atoms with E-state index in [1.54, 1.807) is 12.1 Å². The first-order valence-corrected chi connectivity index (χ1v) is 6.96. The van der Waals surface area contributed by atoms with Gasteiger partial charge in [0, 0.05) is 0 Å². The minimum Gasteiger partial charge on any atom is -0.465 e. The van der Waals surface area contributed by atoms with Crippen molar-refractivity contribution in [3.05, 3.63) is 53.6 Å². The number of carbonyl (C=O) groups excluding carboxylic acids is 2. The average molecular weight is 327 g/mol. The molecular formula is C17H13NO6. The summed E-state index contributed by atoms with van der Waals surface area (Å²) in [5.41, 5.74) is 1.48. The molecule has 3 rings (SSSR count). The van der Waals surface area contributed by atoms with E-state index in [0.29, 0.717) is 11.1 Å². The highest BCUT2D eigenvalue weighted by Crippen LogP contribution is 2.27. The minimum atomic E-state index is -0.608. The van der Waals surface area contributed by atoms with Gasteiger partial charge in [0.2, 0.25) is 0 Å². The van der Waals surface area contributed by atoms with Gasteiger partial charge in [0.05, 0.1) is 25.3 Å². The van der Waals surface area contributed by atoms with Crippen molar-refractivity contribution in [2.45, 2.75) is 0 Å². The molecule has 2 aromatic carbocycles. The zero-order valence-electron chi connectivity index (χ0n) is 12.9. The van der Waals surface area contributed by atoms with Gasteiger partial charge in [0.15, 0.2) is 5.58 Å². The second-order valence-corrected chi connectivity index (χ2v) is 4.78. The molecule has 7 heteroatoms. The van der Waals surface area contributed by atoms with Crippen LogP contribution in [0, 0.1) is 0 Å². The second-order valence-electron chi connectivity index (χ2n) is 4.78. The smallest absolute Gasteiger partial charge is 0.400 e. The van der Waals surface area contributed by atoms with Gasteiger partial charge in [-0.15, -0.1) is 0 Å². The van der Waals surface area contributed by atoms with Gasteiger partial charge >= 0.3 is 18.0 Å². The minimum absolute atomic E-state index is 0.00553. The molecule has 1 heterocycles. The van der Waals surface area contributed by atoms with Crippen LogP contribution in [0.3, 0.4) is 0 Å². The molecule has 24 heavy (non-hydrogen) atoms. The number of benzene rings is 2. The molecular weight excluding hydrogens is 314 g/mol. The van der Waals surface area contributed by atoms with E-state index in [9.17, 15) is 9.59 Å². The van der Waals surface area contributed by atoms with Crippen LogP contribution in [0.4, 0.5) is 0 Å². The molecule has 0 bridgehead atoms.